The van der Waals surface area contributed by atoms with Crippen molar-refractivity contribution in [3.8, 4) is 0 Å². The summed E-state index contributed by atoms with van der Waals surface area (Å²) in [5.74, 6) is 0.801. The maximum Gasteiger partial charge on any atom is 0.0406 e. The molecule has 0 bridgehead atoms. The maximum absolute atomic E-state index is 5.89. The van der Waals surface area contributed by atoms with Gasteiger partial charge in [-0.1, -0.05) is 44.0 Å². The first-order valence-corrected chi connectivity index (χ1v) is 7.39. The Morgan fingerprint density at radius 1 is 1.06 bits per heavy atom. The summed E-state index contributed by atoms with van der Waals surface area (Å²) in [6.45, 7) is 9.11. The smallest absolute Gasteiger partial charge is 0.0406 e. The Kier molecular flexibility index (Phi) is 6.73. The summed E-state index contributed by atoms with van der Waals surface area (Å²) in [5.41, 5.74) is 1.34. The molecule has 18 heavy (non-hydrogen) atoms. The molecule has 0 aliphatic carbocycles. The molecule has 0 fully saturated rings. The molecule has 1 aromatic carbocycles. The topological polar surface area (TPSA) is 12.0 Å². The Morgan fingerprint density at radius 3 is 2.22 bits per heavy atom. The van der Waals surface area contributed by atoms with E-state index in [2.05, 4.69) is 45.1 Å². The van der Waals surface area contributed by atoms with Crippen LogP contribution < -0.4 is 5.32 Å². The normalized spacial score (nSPS) is 16.3. The van der Waals surface area contributed by atoms with E-state index in [1.54, 1.807) is 0 Å². The Hall–Kier alpha value is -0.530. The summed E-state index contributed by atoms with van der Waals surface area (Å²) in [7, 11) is 0. The second-order valence-electron chi connectivity index (χ2n) is 5.55. The molecular weight excluding hydrogens is 242 g/mol. The molecule has 1 aromatic rings. The van der Waals surface area contributed by atoms with Crippen LogP contribution in [-0.4, -0.2) is 12.1 Å². The van der Waals surface area contributed by atoms with Crippen molar-refractivity contribution in [2.45, 2.75) is 59.0 Å². The zero-order chi connectivity index (χ0) is 13.5. The first kappa shape index (κ1) is 15.5. The van der Waals surface area contributed by atoms with Gasteiger partial charge >= 0.3 is 0 Å². The average molecular weight is 268 g/mol. The Morgan fingerprint density at radius 2 is 1.67 bits per heavy atom. The van der Waals surface area contributed by atoms with Crippen LogP contribution >= 0.6 is 11.6 Å². The second kappa shape index (κ2) is 7.81. The molecule has 1 nitrogen and oxygen atoms in total. The van der Waals surface area contributed by atoms with Gasteiger partial charge in [0.05, 0.1) is 0 Å². The second-order valence-corrected chi connectivity index (χ2v) is 5.98. The van der Waals surface area contributed by atoms with Crippen molar-refractivity contribution in [1.82, 2.24) is 5.32 Å². The number of hydrogen-bond acceptors (Lipinski definition) is 1. The molecule has 1 N–H and O–H groups in total. The van der Waals surface area contributed by atoms with Gasteiger partial charge in [-0.15, -0.1) is 0 Å². The van der Waals surface area contributed by atoms with Crippen LogP contribution in [-0.2, 0) is 6.42 Å². The zero-order valence-corrected chi connectivity index (χ0v) is 12.8. The largest absolute Gasteiger partial charge is 0.311 e. The van der Waals surface area contributed by atoms with Crippen LogP contribution in [0.2, 0.25) is 5.02 Å². The summed E-state index contributed by atoms with van der Waals surface area (Å²) in [6.07, 6.45) is 3.57. The predicted molar refractivity (Wildman–Crippen MR) is 81.3 cm³/mol. The molecule has 0 radical (unpaired) electrons. The highest BCUT2D eigenvalue weighted by Gasteiger charge is 2.10. The van der Waals surface area contributed by atoms with Crippen molar-refractivity contribution in [2.24, 2.45) is 5.92 Å². The van der Waals surface area contributed by atoms with Crippen molar-refractivity contribution in [2.75, 3.05) is 0 Å². The highest BCUT2D eigenvalue weighted by atomic mass is 35.5. The van der Waals surface area contributed by atoms with Crippen LogP contribution in [0.15, 0.2) is 24.3 Å². The van der Waals surface area contributed by atoms with E-state index < -0.39 is 0 Å². The zero-order valence-electron chi connectivity index (χ0n) is 12.0. The van der Waals surface area contributed by atoms with E-state index in [9.17, 15) is 0 Å². The van der Waals surface area contributed by atoms with Crippen LogP contribution in [0.1, 0.15) is 46.1 Å². The van der Waals surface area contributed by atoms with E-state index in [1.807, 2.05) is 12.1 Å². The van der Waals surface area contributed by atoms with Gasteiger partial charge in [-0.3, -0.25) is 0 Å². The standard InChI is InChI=1S/C16H26ClN/c1-5-12(2)10-13(3)18-14(4)11-15-6-8-16(17)9-7-15/h6-9,12-14,18H,5,10-11H2,1-4H3. The monoisotopic (exact) mass is 267 g/mol. The van der Waals surface area contributed by atoms with E-state index in [4.69, 9.17) is 11.6 Å². The predicted octanol–water partition coefficient (Wildman–Crippen LogP) is 4.69. The fourth-order valence-corrected chi connectivity index (χ4v) is 2.48. The molecule has 0 aromatic heterocycles. The molecule has 0 saturated carbocycles. The fraction of sp³-hybridized carbons (Fsp3) is 0.625. The molecule has 3 unspecified atom stereocenters. The van der Waals surface area contributed by atoms with Gasteiger partial charge in [0.15, 0.2) is 0 Å². The van der Waals surface area contributed by atoms with Gasteiger partial charge in [-0.2, -0.15) is 0 Å². The van der Waals surface area contributed by atoms with Crippen LogP contribution in [0.5, 0.6) is 0 Å². The lowest BCUT2D eigenvalue weighted by molar-refractivity contribution is 0.380. The highest BCUT2D eigenvalue weighted by molar-refractivity contribution is 6.30. The first-order valence-electron chi connectivity index (χ1n) is 7.01. The Balaban J connectivity index is 2.36. The van der Waals surface area contributed by atoms with E-state index in [1.165, 1.54) is 18.4 Å². The van der Waals surface area contributed by atoms with Gasteiger partial charge in [0.25, 0.3) is 0 Å². The van der Waals surface area contributed by atoms with Crippen molar-refractivity contribution in [3.05, 3.63) is 34.9 Å². The van der Waals surface area contributed by atoms with E-state index in [0.717, 1.165) is 17.4 Å². The van der Waals surface area contributed by atoms with Crippen molar-refractivity contribution in [1.29, 1.82) is 0 Å². The van der Waals surface area contributed by atoms with Crippen molar-refractivity contribution >= 4 is 11.6 Å². The average Bonchev–Trinajstić information content (AvgIpc) is 2.31. The van der Waals surface area contributed by atoms with Crippen molar-refractivity contribution in [3.63, 3.8) is 0 Å². The minimum atomic E-state index is 0.505. The van der Waals surface area contributed by atoms with Crippen LogP contribution in [0, 0.1) is 5.92 Å². The van der Waals surface area contributed by atoms with Gasteiger partial charge in [0.1, 0.15) is 0 Å². The number of halogens is 1. The van der Waals surface area contributed by atoms with E-state index >= 15 is 0 Å². The Bertz CT molecular complexity index is 333. The molecule has 0 heterocycles. The van der Waals surface area contributed by atoms with Gasteiger partial charge in [-0.05, 0) is 50.3 Å². The third-order valence-electron chi connectivity index (χ3n) is 3.48. The van der Waals surface area contributed by atoms with Crippen LogP contribution in [0.4, 0.5) is 0 Å². The fourth-order valence-electron chi connectivity index (χ4n) is 2.36. The summed E-state index contributed by atoms with van der Waals surface area (Å²) >= 11 is 5.89. The molecule has 102 valence electrons. The van der Waals surface area contributed by atoms with Crippen molar-refractivity contribution < 1.29 is 0 Å². The van der Waals surface area contributed by atoms with E-state index in [-0.39, 0.29) is 0 Å². The van der Waals surface area contributed by atoms with E-state index in [0.29, 0.717) is 12.1 Å². The minimum Gasteiger partial charge on any atom is -0.311 e. The molecule has 0 spiro atoms. The minimum absolute atomic E-state index is 0.505. The lowest BCUT2D eigenvalue weighted by Gasteiger charge is -2.22. The quantitative estimate of drug-likeness (QED) is 0.756. The molecule has 0 amide bonds. The maximum atomic E-state index is 5.89. The first-order chi connectivity index (χ1) is 8.51. The third-order valence-corrected chi connectivity index (χ3v) is 3.73. The SMILES string of the molecule is CCC(C)CC(C)NC(C)Cc1ccc(Cl)cc1. The molecule has 2 heteroatoms. The molecule has 3 atom stereocenters. The highest BCUT2D eigenvalue weighted by Crippen LogP contribution is 2.13. The van der Waals surface area contributed by atoms with Crippen LogP contribution in [0.25, 0.3) is 0 Å². The number of rotatable bonds is 7. The van der Waals surface area contributed by atoms with Gasteiger partial charge < -0.3 is 5.32 Å². The van der Waals surface area contributed by atoms with Crippen LogP contribution in [0.3, 0.4) is 0 Å². The van der Waals surface area contributed by atoms with Gasteiger partial charge in [-0.25, -0.2) is 0 Å². The number of hydrogen-bond donors (Lipinski definition) is 1. The van der Waals surface area contributed by atoms with Gasteiger partial charge in [0, 0.05) is 17.1 Å². The number of nitrogens with one attached hydrogen (secondary N) is 1. The molecule has 0 aliphatic heterocycles. The summed E-state index contributed by atoms with van der Waals surface area (Å²) < 4.78 is 0. The summed E-state index contributed by atoms with van der Waals surface area (Å²) in [6, 6.07) is 9.24. The third kappa shape index (κ3) is 5.88. The molecular formula is C16H26ClN. The lowest BCUT2D eigenvalue weighted by atomic mass is 9.99. The molecule has 1 rings (SSSR count). The number of benzene rings is 1. The lowest BCUT2D eigenvalue weighted by Crippen LogP contribution is -2.36. The summed E-state index contributed by atoms with van der Waals surface area (Å²) in [4.78, 5) is 0. The molecule has 0 aliphatic rings. The van der Waals surface area contributed by atoms with Gasteiger partial charge in [0.2, 0.25) is 0 Å². The molecule has 0 saturated heterocycles. The summed E-state index contributed by atoms with van der Waals surface area (Å²) in [5, 5.41) is 4.48. The Labute approximate surface area is 117 Å².